The third-order valence-electron chi connectivity index (χ3n) is 3.48. The minimum Gasteiger partial charge on any atom is -0.508 e. The monoisotopic (exact) mass is 283 g/mol. The third kappa shape index (κ3) is 3.63. The first-order chi connectivity index (χ1) is 9.77. The molecule has 0 fully saturated rings. The number of nitrogens with one attached hydrogen (secondary N) is 1. The molecule has 0 aliphatic rings. The molecule has 2 aromatic carbocycles. The van der Waals surface area contributed by atoms with Gasteiger partial charge in [-0.2, -0.15) is 0 Å². The average molecular weight is 283 g/mol. The van der Waals surface area contributed by atoms with Gasteiger partial charge in [0.25, 0.3) is 5.91 Å². The summed E-state index contributed by atoms with van der Waals surface area (Å²) in [7, 11) is 0. The van der Waals surface area contributed by atoms with Gasteiger partial charge in [0.05, 0.1) is 0 Å². The Morgan fingerprint density at radius 1 is 1.05 bits per heavy atom. The Labute approximate surface area is 125 Å². The van der Waals surface area contributed by atoms with E-state index in [2.05, 4.69) is 26.1 Å². The van der Waals surface area contributed by atoms with E-state index >= 15 is 0 Å². The molecule has 21 heavy (non-hydrogen) atoms. The molecule has 110 valence electrons. The molecule has 0 spiro atoms. The van der Waals surface area contributed by atoms with Gasteiger partial charge in [-0.3, -0.25) is 4.79 Å². The number of hydrogen-bond acceptors (Lipinski definition) is 2. The maximum absolute atomic E-state index is 12.2. The Balaban J connectivity index is 2.15. The Kier molecular flexibility index (Phi) is 4.03. The summed E-state index contributed by atoms with van der Waals surface area (Å²) in [4.78, 5) is 12.2. The number of aryl methyl sites for hydroxylation is 1. The maximum Gasteiger partial charge on any atom is 0.255 e. The Bertz CT molecular complexity index is 652. The van der Waals surface area contributed by atoms with Gasteiger partial charge in [-0.05, 0) is 41.7 Å². The van der Waals surface area contributed by atoms with Gasteiger partial charge in [0, 0.05) is 17.3 Å². The standard InChI is InChI=1S/C18H21NO2/c1-12-5-10-15(11-16(12)20)19-17(21)13-6-8-14(9-7-13)18(2,3)4/h5-11,20H,1-4H3,(H,19,21). The fourth-order valence-corrected chi connectivity index (χ4v) is 2.01. The Morgan fingerprint density at radius 2 is 1.67 bits per heavy atom. The van der Waals surface area contributed by atoms with E-state index in [0.717, 1.165) is 5.56 Å². The molecule has 0 bridgehead atoms. The number of aromatic hydroxyl groups is 1. The molecule has 0 unspecified atom stereocenters. The van der Waals surface area contributed by atoms with Crippen LogP contribution in [0.15, 0.2) is 42.5 Å². The predicted octanol–water partition coefficient (Wildman–Crippen LogP) is 4.25. The summed E-state index contributed by atoms with van der Waals surface area (Å²) in [6.45, 7) is 8.22. The van der Waals surface area contributed by atoms with E-state index in [0.29, 0.717) is 11.3 Å². The fraction of sp³-hybridized carbons (Fsp3) is 0.278. The summed E-state index contributed by atoms with van der Waals surface area (Å²) < 4.78 is 0. The Hall–Kier alpha value is -2.29. The quantitative estimate of drug-likeness (QED) is 0.865. The topological polar surface area (TPSA) is 49.3 Å². The highest BCUT2D eigenvalue weighted by molar-refractivity contribution is 6.04. The van der Waals surface area contributed by atoms with Crippen LogP contribution in [-0.2, 0) is 5.41 Å². The first-order valence-electron chi connectivity index (χ1n) is 6.99. The summed E-state index contributed by atoms with van der Waals surface area (Å²) in [5.41, 5.74) is 3.22. The molecule has 1 amide bonds. The summed E-state index contributed by atoms with van der Waals surface area (Å²) in [6.07, 6.45) is 0. The molecule has 0 aromatic heterocycles. The lowest BCUT2D eigenvalue weighted by molar-refractivity contribution is 0.102. The largest absolute Gasteiger partial charge is 0.508 e. The third-order valence-corrected chi connectivity index (χ3v) is 3.48. The second-order valence-corrected chi connectivity index (χ2v) is 6.28. The summed E-state index contributed by atoms with van der Waals surface area (Å²) in [5.74, 6) is -0.00501. The second kappa shape index (κ2) is 5.60. The zero-order valence-electron chi connectivity index (χ0n) is 12.9. The van der Waals surface area contributed by atoms with Crippen molar-refractivity contribution in [1.82, 2.24) is 0 Å². The highest BCUT2D eigenvalue weighted by Gasteiger charge is 2.14. The van der Waals surface area contributed by atoms with Crippen molar-refractivity contribution in [3.63, 3.8) is 0 Å². The van der Waals surface area contributed by atoms with Crippen molar-refractivity contribution in [3.05, 3.63) is 59.2 Å². The zero-order chi connectivity index (χ0) is 15.6. The van der Waals surface area contributed by atoms with E-state index in [1.807, 2.05) is 31.2 Å². The summed E-state index contributed by atoms with van der Waals surface area (Å²) in [5, 5.41) is 12.4. The lowest BCUT2D eigenvalue weighted by Gasteiger charge is -2.19. The molecule has 0 atom stereocenters. The molecule has 3 heteroatoms. The van der Waals surface area contributed by atoms with Crippen molar-refractivity contribution < 1.29 is 9.90 Å². The highest BCUT2D eigenvalue weighted by Crippen LogP contribution is 2.23. The van der Waals surface area contributed by atoms with Crippen molar-refractivity contribution in [2.75, 3.05) is 5.32 Å². The van der Waals surface area contributed by atoms with Crippen LogP contribution in [0.5, 0.6) is 5.75 Å². The van der Waals surface area contributed by atoms with E-state index < -0.39 is 0 Å². The van der Waals surface area contributed by atoms with Crippen molar-refractivity contribution in [2.24, 2.45) is 0 Å². The van der Waals surface area contributed by atoms with Gasteiger partial charge in [-0.15, -0.1) is 0 Å². The molecular weight excluding hydrogens is 262 g/mol. The van der Waals surface area contributed by atoms with Crippen LogP contribution in [-0.4, -0.2) is 11.0 Å². The van der Waals surface area contributed by atoms with Crippen LogP contribution in [0.4, 0.5) is 5.69 Å². The van der Waals surface area contributed by atoms with Crippen LogP contribution < -0.4 is 5.32 Å². The molecule has 2 aromatic rings. The van der Waals surface area contributed by atoms with Crippen molar-refractivity contribution in [1.29, 1.82) is 0 Å². The molecule has 2 N–H and O–H groups in total. The average Bonchev–Trinajstić information content (AvgIpc) is 2.42. The number of amides is 1. The number of carbonyl (C=O) groups excluding carboxylic acids is 1. The summed E-state index contributed by atoms with van der Waals surface area (Å²) in [6, 6.07) is 12.7. The smallest absolute Gasteiger partial charge is 0.255 e. The lowest BCUT2D eigenvalue weighted by Crippen LogP contribution is -2.14. The first-order valence-corrected chi connectivity index (χ1v) is 6.99. The van der Waals surface area contributed by atoms with Gasteiger partial charge in [0.15, 0.2) is 0 Å². The highest BCUT2D eigenvalue weighted by atomic mass is 16.3. The molecule has 0 radical (unpaired) electrons. The van der Waals surface area contributed by atoms with Gasteiger partial charge < -0.3 is 10.4 Å². The predicted molar refractivity (Wildman–Crippen MR) is 85.9 cm³/mol. The van der Waals surface area contributed by atoms with Gasteiger partial charge >= 0.3 is 0 Å². The van der Waals surface area contributed by atoms with E-state index in [4.69, 9.17) is 0 Å². The SMILES string of the molecule is Cc1ccc(NC(=O)c2ccc(C(C)(C)C)cc2)cc1O. The fourth-order valence-electron chi connectivity index (χ4n) is 2.01. The molecule has 2 rings (SSSR count). The van der Waals surface area contributed by atoms with Gasteiger partial charge in [0.2, 0.25) is 0 Å². The molecule has 3 nitrogen and oxygen atoms in total. The molecule has 0 heterocycles. The molecule has 0 saturated carbocycles. The lowest BCUT2D eigenvalue weighted by atomic mass is 9.87. The zero-order valence-corrected chi connectivity index (χ0v) is 12.9. The van der Waals surface area contributed by atoms with Gasteiger partial charge in [0.1, 0.15) is 5.75 Å². The molecule has 0 saturated heterocycles. The van der Waals surface area contributed by atoms with E-state index in [-0.39, 0.29) is 17.1 Å². The second-order valence-electron chi connectivity index (χ2n) is 6.28. The van der Waals surface area contributed by atoms with E-state index in [1.54, 1.807) is 18.2 Å². The van der Waals surface area contributed by atoms with Gasteiger partial charge in [-0.25, -0.2) is 0 Å². The van der Waals surface area contributed by atoms with Crippen molar-refractivity contribution >= 4 is 11.6 Å². The molecular formula is C18H21NO2. The van der Waals surface area contributed by atoms with E-state index in [9.17, 15) is 9.90 Å². The van der Waals surface area contributed by atoms with Crippen LogP contribution in [0.3, 0.4) is 0 Å². The van der Waals surface area contributed by atoms with Crippen LogP contribution in [0, 0.1) is 6.92 Å². The molecule has 0 aliphatic heterocycles. The number of phenols is 1. The number of anilines is 1. The number of benzene rings is 2. The number of rotatable bonds is 2. The Morgan fingerprint density at radius 3 is 2.19 bits per heavy atom. The van der Waals surface area contributed by atoms with Crippen molar-refractivity contribution in [3.8, 4) is 5.75 Å². The van der Waals surface area contributed by atoms with Crippen molar-refractivity contribution in [2.45, 2.75) is 33.1 Å². The molecule has 0 aliphatic carbocycles. The maximum atomic E-state index is 12.2. The van der Waals surface area contributed by atoms with Crippen LogP contribution in [0.2, 0.25) is 0 Å². The van der Waals surface area contributed by atoms with Crippen LogP contribution in [0.25, 0.3) is 0 Å². The van der Waals surface area contributed by atoms with E-state index in [1.165, 1.54) is 5.56 Å². The van der Waals surface area contributed by atoms with Crippen LogP contribution >= 0.6 is 0 Å². The number of carbonyl (C=O) groups is 1. The van der Waals surface area contributed by atoms with Gasteiger partial charge in [-0.1, -0.05) is 39.0 Å². The number of hydrogen-bond donors (Lipinski definition) is 2. The minimum absolute atomic E-state index is 0.0672. The first kappa shape index (κ1) is 15.1. The summed E-state index contributed by atoms with van der Waals surface area (Å²) >= 11 is 0. The number of phenolic OH excluding ortho intramolecular Hbond substituents is 1. The minimum atomic E-state index is -0.182. The van der Waals surface area contributed by atoms with Crippen LogP contribution in [0.1, 0.15) is 42.3 Å². The normalized spacial score (nSPS) is 11.2.